The van der Waals surface area contributed by atoms with Crippen LogP contribution in [0.1, 0.15) is 15.9 Å². The summed E-state index contributed by atoms with van der Waals surface area (Å²) in [5.74, 6) is -0.643. The van der Waals surface area contributed by atoms with E-state index in [9.17, 15) is 14.7 Å². The molecule has 1 fully saturated rings. The van der Waals surface area contributed by atoms with Gasteiger partial charge < -0.3 is 24.1 Å². The predicted molar refractivity (Wildman–Crippen MR) is 142 cm³/mol. The molecule has 0 saturated carbocycles. The molecule has 3 aromatic carbocycles. The SMILES string of the molecule is Cc1c(C(=O)O)c(=O)oc2cc3c(cc12)nc(Nc1cccc2ccccc12)n3CCN1CCOCC1. The molecule has 2 aromatic heterocycles. The molecule has 1 saturated heterocycles. The molecular weight excluding hydrogens is 472 g/mol. The lowest BCUT2D eigenvalue weighted by atomic mass is 10.1. The first-order valence-electron chi connectivity index (χ1n) is 12.3. The second-order valence-electron chi connectivity index (χ2n) is 9.22. The number of carboxylic acids is 1. The van der Waals surface area contributed by atoms with Crippen LogP contribution in [0.3, 0.4) is 0 Å². The Balaban J connectivity index is 1.50. The van der Waals surface area contributed by atoms with E-state index in [1.165, 1.54) is 0 Å². The van der Waals surface area contributed by atoms with Crippen LogP contribution in [0.4, 0.5) is 11.6 Å². The lowest BCUT2D eigenvalue weighted by Crippen LogP contribution is -2.38. The van der Waals surface area contributed by atoms with Gasteiger partial charge in [0, 0.05) is 48.7 Å². The maximum Gasteiger partial charge on any atom is 0.351 e. The Labute approximate surface area is 211 Å². The number of imidazole rings is 1. The van der Waals surface area contributed by atoms with Crippen molar-refractivity contribution in [3.8, 4) is 0 Å². The number of carboxylic acid groups (broad SMARTS) is 1. The Morgan fingerprint density at radius 3 is 2.65 bits per heavy atom. The van der Waals surface area contributed by atoms with E-state index < -0.39 is 11.6 Å². The lowest BCUT2D eigenvalue weighted by Gasteiger charge is -2.27. The van der Waals surface area contributed by atoms with Crippen molar-refractivity contribution in [1.82, 2.24) is 14.5 Å². The average molecular weight is 499 g/mol. The van der Waals surface area contributed by atoms with Crippen molar-refractivity contribution >= 4 is 50.4 Å². The van der Waals surface area contributed by atoms with Crippen molar-refractivity contribution in [3.05, 3.63) is 76.1 Å². The van der Waals surface area contributed by atoms with Crippen molar-refractivity contribution in [2.45, 2.75) is 13.5 Å². The van der Waals surface area contributed by atoms with Gasteiger partial charge in [-0.2, -0.15) is 0 Å². The molecule has 1 aliphatic heterocycles. The fourth-order valence-electron chi connectivity index (χ4n) is 5.06. The van der Waals surface area contributed by atoms with E-state index in [1.54, 1.807) is 19.1 Å². The third-order valence-corrected chi connectivity index (χ3v) is 7.03. The summed E-state index contributed by atoms with van der Waals surface area (Å²) in [5, 5.41) is 15.8. The molecule has 0 radical (unpaired) electrons. The quantitative estimate of drug-likeness (QED) is 0.332. The number of aryl methyl sites for hydroxylation is 1. The van der Waals surface area contributed by atoms with Crippen LogP contribution in [0, 0.1) is 6.92 Å². The average Bonchev–Trinajstić information content (AvgIpc) is 3.23. The Bertz CT molecular complexity index is 1710. The maximum absolute atomic E-state index is 12.4. The topological polar surface area (TPSA) is 110 Å². The van der Waals surface area contributed by atoms with Gasteiger partial charge in [0.1, 0.15) is 11.1 Å². The first kappa shape index (κ1) is 23.2. The summed E-state index contributed by atoms with van der Waals surface area (Å²) in [6.07, 6.45) is 0. The first-order valence-corrected chi connectivity index (χ1v) is 12.3. The van der Waals surface area contributed by atoms with Gasteiger partial charge in [0.2, 0.25) is 5.95 Å². The monoisotopic (exact) mass is 498 g/mol. The molecule has 0 aliphatic carbocycles. The molecule has 9 heteroatoms. The van der Waals surface area contributed by atoms with Gasteiger partial charge in [-0.15, -0.1) is 0 Å². The third-order valence-electron chi connectivity index (χ3n) is 7.03. The Morgan fingerprint density at radius 2 is 1.84 bits per heavy atom. The summed E-state index contributed by atoms with van der Waals surface area (Å²) in [4.78, 5) is 31.3. The standard InChI is InChI=1S/C28H26N4O5/c1-17-20-15-22-23(16-24(20)37-27(35)25(17)26(33)34)32(10-9-31-11-13-36-14-12-31)28(30-22)29-21-8-4-6-18-5-2-3-7-19(18)21/h2-8,15-16H,9-14H2,1H3,(H,29,30)(H,33,34). The zero-order valence-electron chi connectivity index (χ0n) is 20.4. The van der Waals surface area contributed by atoms with Crippen molar-refractivity contribution in [2.75, 3.05) is 38.2 Å². The van der Waals surface area contributed by atoms with E-state index in [0.29, 0.717) is 47.8 Å². The van der Waals surface area contributed by atoms with Crippen molar-refractivity contribution in [3.63, 3.8) is 0 Å². The van der Waals surface area contributed by atoms with Gasteiger partial charge in [0.25, 0.3) is 0 Å². The fourth-order valence-corrected chi connectivity index (χ4v) is 5.06. The van der Waals surface area contributed by atoms with Crippen LogP contribution in [0.25, 0.3) is 32.8 Å². The fraction of sp³-hybridized carbons (Fsp3) is 0.250. The van der Waals surface area contributed by atoms with Crippen LogP contribution in [0.15, 0.2) is 63.8 Å². The van der Waals surface area contributed by atoms with E-state index >= 15 is 0 Å². The number of benzene rings is 3. The van der Waals surface area contributed by atoms with Crippen molar-refractivity contribution in [2.24, 2.45) is 0 Å². The molecule has 3 heterocycles. The van der Waals surface area contributed by atoms with E-state index in [-0.39, 0.29) is 5.56 Å². The minimum absolute atomic E-state index is 0.337. The second kappa shape index (κ2) is 9.34. The molecular formula is C28H26N4O5. The lowest BCUT2D eigenvalue weighted by molar-refractivity contribution is 0.0366. The zero-order valence-corrected chi connectivity index (χ0v) is 20.4. The summed E-state index contributed by atoms with van der Waals surface area (Å²) in [6, 6.07) is 17.8. The number of hydrogen-bond acceptors (Lipinski definition) is 7. The number of fused-ring (bicyclic) bond motifs is 3. The van der Waals surface area contributed by atoms with Crippen LogP contribution in [0.2, 0.25) is 0 Å². The Morgan fingerprint density at radius 1 is 1.05 bits per heavy atom. The smallest absolute Gasteiger partial charge is 0.351 e. The van der Waals surface area contributed by atoms with Gasteiger partial charge in [-0.05, 0) is 30.0 Å². The second-order valence-corrected chi connectivity index (χ2v) is 9.22. The van der Waals surface area contributed by atoms with E-state index in [1.807, 2.05) is 24.3 Å². The minimum Gasteiger partial charge on any atom is -0.477 e. The van der Waals surface area contributed by atoms with Gasteiger partial charge >= 0.3 is 11.6 Å². The summed E-state index contributed by atoms with van der Waals surface area (Å²) in [5.41, 5.74) is 1.91. The number of rotatable bonds is 6. The number of hydrogen-bond donors (Lipinski definition) is 2. The van der Waals surface area contributed by atoms with Crippen LogP contribution >= 0.6 is 0 Å². The number of carbonyl (C=O) groups is 1. The van der Waals surface area contributed by atoms with Gasteiger partial charge in [-0.25, -0.2) is 14.6 Å². The summed E-state index contributed by atoms with van der Waals surface area (Å²) >= 11 is 0. The minimum atomic E-state index is -1.30. The summed E-state index contributed by atoms with van der Waals surface area (Å²) in [7, 11) is 0. The van der Waals surface area contributed by atoms with E-state index in [2.05, 4.69) is 33.0 Å². The van der Waals surface area contributed by atoms with Crippen molar-refractivity contribution in [1.29, 1.82) is 0 Å². The Kier molecular flexibility index (Phi) is 5.86. The number of nitrogens with one attached hydrogen (secondary N) is 1. The van der Waals surface area contributed by atoms with E-state index in [0.717, 1.165) is 41.6 Å². The van der Waals surface area contributed by atoms with Gasteiger partial charge in [0.05, 0.1) is 24.2 Å². The predicted octanol–water partition coefficient (Wildman–Crippen LogP) is 4.38. The molecule has 188 valence electrons. The van der Waals surface area contributed by atoms with Gasteiger partial charge in [0.15, 0.2) is 0 Å². The molecule has 9 nitrogen and oxygen atoms in total. The van der Waals surface area contributed by atoms with Crippen LogP contribution < -0.4 is 10.9 Å². The number of nitrogens with zero attached hydrogens (tertiary/aromatic N) is 3. The van der Waals surface area contributed by atoms with Crippen LogP contribution in [-0.2, 0) is 11.3 Å². The van der Waals surface area contributed by atoms with Crippen molar-refractivity contribution < 1.29 is 19.1 Å². The zero-order chi connectivity index (χ0) is 25.5. The van der Waals surface area contributed by atoms with Gasteiger partial charge in [-0.1, -0.05) is 36.4 Å². The molecule has 37 heavy (non-hydrogen) atoms. The number of ether oxygens (including phenoxy) is 1. The van der Waals surface area contributed by atoms with E-state index in [4.69, 9.17) is 14.1 Å². The largest absolute Gasteiger partial charge is 0.477 e. The number of aromatic nitrogens is 2. The maximum atomic E-state index is 12.4. The molecule has 5 aromatic rings. The molecule has 6 rings (SSSR count). The van der Waals surface area contributed by atoms with Gasteiger partial charge in [-0.3, -0.25) is 4.90 Å². The number of anilines is 2. The Hall–Kier alpha value is -4.21. The highest BCUT2D eigenvalue weighted by atomic mass is 16.5. The number of aromatic carboxylic acids is 1. The molecule has 2 N–H and O–H groups in total. The van der Waals surface area contributed by atoms with Crippen LogP contribution in [-0.4, -0.2) is 58.4 Å². The molecule has 0 spiro atoms. The highest BCUT2D eigenvalue weighted by molar-refractivity contribution is 6.00. The summed E-state index contributed by atoms with van der Waals surface area (Å²) in [6.45, 7) is 6.25. The molecule has 0 bridgehead atoms. The molecule has 1 aliphatic rings. The normalized spacial score (nSPS) is 14.5. The van der Waals surface area contributed by atoms with Crippen LogP contribution in [0.5, 0.6) is 0 Å². The molecule has 0 amide bonds. The first-order chi connectivity index (χ1) is 18.0. The number of morpholine rings is 1. The molecule has 0 atom stereocenters. The highest BCUT2D eigenvalue weighted by Crippen LogP contribution is 2.31. The molecule has 0 unspecified atom stereocenters. The highest BCUT2D eigenvalue weighted by Gasteiger charge is 2.21. The third kappa shape index (κ3) is 4.22. The summed E-state index contributed by atoms with van der Waals surface area (Å²) < 4.78 is 13.0.